The van der Waals surface area contributed by atoms with E-state index in [2.05, 4.69) is 16.0 Å². The molecule has 1 saturated carbocycles. The summed E-state index contributed by atoms with van der Waals surface area (Å²) < 4.78 is 15.8. The van der Waals surface area contributed by atoms with Crippen molar-refractivity contribution in [1.82, 2.24) is 9.88 Å². The van der Waals surface area contributed by atoms with Crippen LogP contribution in [0.5, 0.6) is 0 Å². The standard InChI is InChI=1S/C15H16ClFN2/c16-12-3-6-15(17)11(8-12)10-19-7-1-2-14(19)9-18-13-4-5-13/h1-3,6-8,13,18H,4-5,9-10H2. The molecule has 1 heterocycles. The van der Waals surface area contributed by atoms with Crippen molar-refractivity contribution in [1.29, 1.82) is 0 Å². The Morgan fingerprint density at radius 2 is 2.16 bits per heavy atom. The molecule has 2 nitrogen and oxygen atoms in total. The Balaban J connectivity index is 1.74. The third-order valence-electron chi connectivity index (χ3n) is 3.42. The first kappa shape index (κ1) is 12.7. The van der Waals surface area contributed by atoms with Crippen molar-refractivity contribution in [3.63, 3.8) is 0 Å². The largest absolute Gasteiger partial charge is 0.346 e. The Kier molecular flexibility index (Phi) is 3.58. The molecule has 2 aromatic rings. The van der Waals surface area contributed by atoms with Gasteiger partial charge in [0.05, 0.1) is 6.54 Å². The number of benzene rings is 1. The van der Waals surface area contributed by atoms with Gasteiger partial charge in [0.2, 0.25) is 0 Å². The molecule has 19 heavy (non-hydrogen) atoms. The highest BCUT2D eigenvalue weighted by molar-refractivity contribution is 6.30. The number of halogens is 2. The van der Waals surface area contributed by atoms with Crippen LogP contribution in [0.1, 0.15) is 24.1 Å². The second-order valence-electron chi connectivity index (χ2n) is 5.02. The van der Waals surface area contributed by atoms with Crippen LogP contribution in [-0.2, 0) is 13.1 Å². The van der Waals surface area contributed by atoms with E-state index in [1.54, 1.807) is 12.1 Å². The molecule has 0 saturated heterocycles. The van der Waals surface area contributed by atoms with Gasteiger partial charge >= 0.3 is 0 Å². The number of nitrogens with one attached hydrogen (secondary N) is 1. The lowest BCUT2D eigenvalue weighted by Crippen LogP contribution is -2.18. The van der Waals surface area contributed by atoms with Gasteiger partial charge in [0.25, 0.3) is 0 Å². The van der Waals surface area contributed by atoms with E-state index in [0.717, 1.165) is 6.54 Å². The summed E-state index contributed by atoms with van der Waals surface area (Å²) in [5.74, 6) is -0.209. The summed E-state index contributed by atoms with van der Waals surface area (Å²) in [4.78, 5) is 0. The Hall–Kier alpha value is -1.32. The van der Waals surface area contributed by atoms with Crippen LogP contribution in [0.15, 0.2) is 36.5 Å². The van der Waals surface area contributed by atoms with E-state index < -0.39 is 0 Å². The van der Waals surface area contributed by atoms with Gasteiger partial charge in [-0.05, 0) is 43.2 Å². The first-order valence-electron chi connectivity index (χ1n) is 6.54. The van der Waals surface area contributed by atoms with Crippen molar-refractivity contribution < 1.29 is 4.39 Å². The molecular formula is C15H16ClFN2. The van der Waals surface area contributed by atoms with E-state index in [9.17, 15) is 4.39 Å². The van der Waals surface area contributed by atoms with Crippen LogP contribution in [0.25, 0.3) is 0 Å². The monoisotopic (exact) mass is 278 g/mol. The number of nitrogens with zero attached hydrogens (tertiary/aromatic N) is 1. The van der Waals surface area contributed by atoms with E-state index in [0.29, 0.717) is 23.2 Å². The fourth-order valence-corrected chi connectivity index (χ4v) is 2.34. The maximum Gasteiger partial charge on any atom is 0.128 e. The van der Waals surface area contributed by atoms with Crippen molar-refractivity contribution in [2.75, 3.05) is 0 Å². The van der Waals surface area contributed by atoms with E-state index >= 15 is 0 Å². The average Bonchev–Trinajstić information content (AvgIpc) is 3.12. The minimum Gasteiger partial charge on any atom is -0.346 e. The molecule has 1 aliphatic carbocycles. The van der Waals surface area contributed by atoms with E-state index in [1.807, 2.05) is 12.3 Å². The zero-order chi connectivity index (χ0) is 13.2. The van der Waals surface area contributed by atoms with Crippen LogP contribution in [0.3, 0.4) is 0 Å². The summed E-state index contributed by atoms with van der Waals surface area (Å²) in [6.07, 6.45) is 4.51. The van der Waals surface area contributed by atoms with Gasteiger partial charge in [-0.25, -0.2) is 4.39 Å². The Bertz CT molecular complexity index is 575. The van der Waals surface area contributed by atoms with Crippen molar-refractivity contribution in [2.45, 2.75) is 32.0 Å². The first-order chi connectivity index (χ1) is 9.22. The summed E-state index contributed by atoms with van der Waals surface area (Å²) in [6.45, 7) is 1.35. The maximum absolute atomic E-state index is 13.7. The smallest absolute Gasteiger partial charge is 0.128 e. The normalized spacial score (nSPS) is 14.8. The first-order valence-corrected chi connectivity index (χ1v) is 6.91. The predicted molar refractivity (Wildman–Crippen MR) is 74.8 cm³/mol. The third kappa shape index (κ3) is 3.17. The highest BCUT2D eigenvalue weighted by Crippen LogP contribution is 2.20. The molecule has 3 rings (SSSR count). The van der Waals surface area contributed by atoms with Crippen LogP contribution in [0, 0.1) is 5.82 Å². The van der Waals surface area contributed by atoms with Gasteiger partial charge in [-0.2, -0.15) is 0 Å². The molecular weight excluding hydrogens is 263 g/mol. The van der Waals surface area contributed by atoms with Crippen molar-refractivity contribution >= 4 is 11.6 Å². The predicted octanol–water partition coefficient (Wildman–Crippen LogP) is 3.58. The van der Waals surface area contributed by atoms with Crippen molar-refractivity contribution in [3.8, 4) is 0 Å². The molecule has 0 atom stereocenters. The molecule has 0 unspecified atom stereocenters. The van der Waals surface area contributed by atoms with Crippen LogP contribution < -0.4 is 5.32 Å². The topological polar surface area (TPSA) is 17.0 Å². The summed E-state index contributed by atoms with van der Waals surface area (Å²) >= 11 is 5.92. The molecule has 0 spiro atoms. The Labute approximate surface area is 117 Å². The second-order valence-corrected chi connectivity index (χ2v) is 5.45. The second kappa shape index (κ2) is 5.35. The fraction of sp³-hybridized carbons (Fsp3) is 0.333. The number of hydrogen-bond acceptors (Lipinski definition) is 1. The van der Waals surface area contributed by atoms with Gasteiger partial charge in [0.1, 0.15) is 5.82 Å². The SMILES string of the molecule is Fc1ccc(Cl)cc1Cn1cccc1CNC1CC1. The molecule has 0 aliphatic heterocycles. The van der Waals surface area contributed by atoms with Gasteiger partial charge in [-0.3, -0.25) is 0 Å². The summed E-state index contributed by atoms with van der Waals surface area (Å²) in [6, 6.07) is 9.42. The lowest BCUT2D eigenvalue weighted by molar-refractivity contribution is 0.587. The van der Waals surface area contributed by atoms with Crippen molar-refractivity contribution in [2.24, 2.45) is 0 Å². The van der Waals surface area contributed by atoms with Crippen LogP contribution in [0.2, 0.25) is 5.02 Å². The number of aromatic nitrogens is 1. The van der Waals surface area contributed by atoms with Gasteiger partial charge in [-0.1, -0.05) is 11.6 Å². The highest BCUT2D eigenvalue weighted by atomic mass is 35.5. The molecule has 1 fully saturated rings. The van der Waals surface area contributed by atoms with Gasteiger partial charge < -0.3 is 9.88 Å². The lowest BCUT2D eigenvalue weighted by atomic mass is 10.2. The molecule has 0 amide bonds. The van der Waals surface area contributed by atoms with Gasteiger partial charge in [0.15, 0.2) is 0 Å². The molecule has 1 aromatic carbocycles. The van der Waals surface area contributed by atoms with Crippen LogP contribution >= 0.6 is 11.6 Å². The molecule has 1 aliphatic rings. The quantitative estimate of drug-likeness (QED) is 0.885. The zero-order valence-electron chi connectivity index (χ0n) is 10.6. The number of hydrogen-bond donors (Lipinski definition) is 1. The minimum atomic E-state index is -0.209. The molecule has 0 bridgehead atoms. The summed E-state index contributed by atoms with van der Waals surface area (Å²) in [7, 11) is 0. The van der Waals surface area contributed by atoms with E-state index in [1.165, 1.54) is 24.6 Å². The molecule has 100 valence electrons. The Morgan fingerprint density at radius 1 is 1.32 bits per heavy atom. The number of rotatable bonds is 5. The van der Waals surface area contributed by atoms with Crippen molar-refractivity contribution in [3.05, 3.63) is 58.6 Å². The molecule has 1 N–H and O–H groups in total. The third-order valence-corrected chi connectivity index (χ3v) is 3.66. The van der Waals surface area contributed by atoms with E-state index in [-0.39, 0.29) is 5.82 Å². The maximum atomic E-state index is 13.7. The van der Waals surface area contributed by atoms with Crippen LogP contribution in [0.4, 0.5) is 4.39 Å². The van der Waals surface area contributed by atoms with Gasteiger partial charge in [-0.15, -0.1) is 0 Å². The fourth-order valence-electron chi connectivity index (χ4n) is 2.15. The van der Waals surface area contributed by atoms with E-state index in [4.69, 9.17) is 11.6 Å². The summed E-state index contributed by atoms with van der Waals surface area (Å²) in [5.41, 5.74) is 1.79. The molecule has 4 heteroatoms. The zero-order valence-corrected chi connectivity index (χ0v) is 11.3. The van der Waals surface area contributed by atoms with Gasteiger partial charge in [0, 0.05) is 35.1 Å². The lowest BCUT2D eigenvalue weighted by Gasteiger charge is -2.11. The molecule has 0 radical (unpaired) electrons. The highest BCUT2D eigenvalue weighted by Gasteiger charge is 2.20. The molecule has 1 aromatic heterocycles. The summed E-state index contributed by atoms with van der Waals surface area (Å²) in [5, 5.41) is 4.04. The minimum absolute atomic E-state index is 0.209. The Morgan fingerprint density at radius 3 is 2.95 bits per heavy atom. The van der Waals surface area contributed by atoms with Crippen LogP contribution in [-0.4, -0.2) is 10.6 Å². The average molecular weight is 279 g/mol.